The van der Waals surface area contributed by atoms with Crippen LogP contribution in [0.15, 0.2) is 24.3 Å². The molecule has 0 aromatic heterocycles. The van der Waals surface area contributed by atoms with Gasteiger partial charge in [-0.1, -0.05) is 25.5 Å². The fourth-order valence-corrected chi connectivity index (χ4v) is 3.54. The summed E-state index contributed by atoms with van der Waals surface area (Å²) in [5.74, 6) is 2.32. The largest absolute Gasteiger partial charge is 0.494 e. The molecule has 0 saturated carbocycles. The van der Waals surface area contributed by atoms with Crippen LogP contribution in [0.5, 0.6) is 5.75 Å². The molecule has 0 bridgehead atoms. The van der Waals surface area contributed by atoms with Crippen molar-refractivity contribution in [1.82, 2.24) is 5.32 Å². The Morgan fingerprint density at radius 2 is 2.11 bits per heavy atom. The fourth-order valence-electron chi connectivity index (χ4n) is 2.27. The lowest BCUT2D eigenvalue weighted by molar-refractivity contribution is 0.317. The summed E-state index contributed by atoms with van der Waals surface area (Å²) in [7, 11) is 0. The van der Waals surface area contributed by atoms with E-state index >= 15 is 0 Å². The van der Waals surface area contributed by atoms with Gasteiger partial charge in [0.25, 0.3) is 0 Å². The molecule has 2 rings (SSSR count). The standard InChI is InChI=1S/C16H25NOS/c1-2-10-18-15-8-6-14(7-9-15)12-17-13-16-5-3-4-11-19-16/h6-9,16-17H,2-5,10-13H2,1H3. The molecule has 0 spiro atoms. The predicted molar refractivity (Wildman–Crippen MR) is 84.0 cm³/mol. The zero-order valence-electron chi connectivity index (χ0n) is 11.9. The Kier molecular flexibility index (Phi) is 6.58. The number of rotatable bonds is 7. The van der Waals surface area contributed by atoms with Gasteiger partial charge in [0.05, 0.1) is 6.61 Å². The summed E-state index contributed by atoms with van der Waals surface area (Å²) in [4.78, 5) is 0. The SMILES string of the molecule is CCCOc1ccc(CNCC2CCCCS2)cc1. The van der Waals surface area contributed by atoms with Crippen LogP contribution in [0.3, 0.4) is 0 Å². The number of hydrogen-bond acceptors (Lipinski definition) is 3. The first-order chi connectivity index (χ1) is 9.38. The molecule has 1 aliphatic rings. The van der Waals surface area contributed by atoms with Gasteiger partial charge in [-0.3, -0.25) is 0 Å². The third kappa shape index (κ3) is 5.45. The highest BCUT2D eigenvalue weighted by Crippen LogP contribution is 2.24. The fraction of sp³-hybridized carbons (Fsp3) is 0.625. The van der Waals surface area contributed by atoms with E-state index in [-0.39, 0.29) is 0 Å². The molecular formula is C16H25NOS. The second-order valence-electron chi connectivity index (χ2n) is 5.11. The topological polar surface area (TPSA) is 21.3 Å². The average Bonchev–Trinajstić information content (AvgIpc) is 2.47. The van der Waals surface area contributed by atoms with E-state index < -0.39 is 0 Å². The Bertz CT molecular complexity index is 346. The lowest BCUT2D eigenvalue weighted by Crippen LogP contribution is -2.26. The zero-order valence-corrected chi connectivity index (χ0v) is 12.7. The van der Waals surface area contributed by atoms with Gasteiger partial charge in [0.2, 0.25) is 0 Å². The van der Waals surface area contributed by atoms with Crippen LogP contribution in [0.4, 0.5) is 0 Å². The summed E-state index contributed by atoms with van der Waals surface area (Å²) in [5.41, 5.74) is 1.34. The molecular weight excluding hydrogens is 254 g/mol. The van der Waals surface area contributed by atoms with Gasteiger partial charge in [0.1, 0.15) is 5.75 Å². The average molecular weight is 279 g/mol. The molecule has 2 nitrogen and oxygen atoms in total. The van der Waals surface area contributed by atoms with Gasteiger partial charge < -0.3 is 10.1 Å². The van der Waals surface area contributed by atoms with Crippen molar-refractivity contribution in [2.24, 2.45) is 0 Å². The highest BCUT2D eigenvalue weighted by molar-refractivity contribution is 7.99. The molecule has 1 aliphatic heterocycles. The molecule has 1 heterocycles. The zero-order chi connectivity index (χ0) is 13.3. The van der Waals surface area contributed by atoms with E-state index in [4.69, 9.17) is 4.74 Å². The molecule has 106 valence electrons. The van der Waals surface area contributed by atoms with Crippen LogP contribution in [0.2, 0.25) is 0 Å². The number of nitrogens with one attached hydrogen (secondary N) is 1. The minimum absolute atomic E-state index is 0.802. The third-order valence-corrected chi connectivity index (χ3v) is 4.77. The lowest BCUT2D eigenvalue weighted by atomic mass is 10.2. The van der Waals surface area contributed by atoms with Crippen LogP contribution < -0.4 is 10.1 Å². The van der Waals surface area contributed by atoms with Crippen LogP contribution in [-0.4, -0.2) is 24.2 Å². The molecule has 1 saturated heterocycles. The molecule has 3 heteroatoms. The summed E-state index contributed by atoms with van der Waals surface area (Å²) in [6, 6.07) is 8.46. The van der Waals surface area contributed by atoms with Crippen molar-refractivity contribution in [1.29, 1.82) is 0 Å². The maximum Gasteiger partial charge on any atom is 0.119 e. The summed E-state index contributed by atoms with van der Waals surface area (Å²) in [5, 5.41) is 4.39. The molecule has 1 aromatic rings. The first kappa shape index (κ1) is 14.7. The Morgan fingerprint density at radius 3 is 2.79 bits per heavy atom. The monoisotopic (exact) mass is 279 g/mol. The Balaban J connectivity index is 1.67. The van der Waals surface area contributed by atoms with Crippen LogP contribution in [0.25, 0.3) is 0 Å². The van der Waals surface area contributed by atoms with E-state index in [9.17, 15) is 0 Å². The van der Waals surface area contributed by atoms with Crippen LogP contribution in [-0.2, 0) is 6.54 Å². The summed E-state index contributed by atoms with van der Waals surface area (Å²) in [6.07, 6.45) is 5.24. The second-order valence-corrected chi connectivity index (χ2v) is 6.52. The van der Waals surface area contributed by atoms with Crippen molar-refractivity contribution in [2.75, 3.05) is 18.9 Å². The van der Waals surface area contributed by atoms with Gasteiger partial charge in [-0.05, 0) is 42.7 Å². The van der Waals surface area contributed by atoms with Crippen molar-refractivity contribution in [2.45, 2.75) is 44.4 Å². The number of thioether (sulfide) groups is 1. The number of hydrogen-bond donors (Lipinski definition) is 1. The normalized spacial score (nSPS) is 19.3. The quantitative estimate of drug-likeness (QED) is 0.819. The Labute approximate surface area is 121 Å². The van der Waals surface area contributed by atoms with E-state index in [2.05, 4.69) is 48.3 Å². The predicted octanol–water partition coefficient (Wildman–Crippen LogP) is 3.85. The summed E-state index contributed by atoms with van der Waals surface area (Å²) >= 11 is 2.13. The van der Waals surface area contributed by atoms with Crippen LogP contribution in [0, 0.1) is 0 Å². The second kappa shape index (κ2) is 8.49. The van der Waals surface area contributed by atoms with Crippen LogP contribution >= 0.6 is 11.8 Å². The highest BCUT2D eigenvalue weighted by atomic mass is 32.2. The Hall–Kier alpha value is -0.670. The van der Waals surface area contributed by atoms with Gasteiger partial charge in [0, 0.05) is 18.3 Å². The molecule has 1 unspecified atom stereocenters. The molecule has 19 heavy (non-hydrogen) atoms. The minimum atomic E-state index is 0.802. The minimum Gasteiger partial charge on any atom is -0.494 e. The maximum absolute atomic E-state index is 5.59. The molecule has 1 N–H and O–H groups in total. The van der Waals surface area contributed by atoms with Crippen molar-refractivity contribution in [3.63, 3.8) is 0 Å². The van der Waals surface area contributed by atoms with Gasteiger partial charge in [0.15, 0.2) is 0 Å². The van der Waals surface area contributed by atoms with Gasteiger partial charge in [-0.2, -0.15) is 11.8 Å². The molecule has 1 fully saturated rings. The van der Waals surface area contributed by atoms with E-state index in [0.29, 0.717) is 0 Å². The van der Waals surface area contributed by atoms with Gasteiger partial charge in [-0.25, -0.2) is 0 Å². The van der Waals surface area contributed by atoms with E-state index in [1.165, 1.54) is 30.6 Å². The van der Waals surface area contributed by atoms with Crippen LogP contribution in [0.1, 0.15) is 38.2 Å². The number of ether oxygens (including phenoxy) is 1. The highest BCUT2D eigenvalue weighted by Gasteiger charge is 2.12. The van der Waals surface area contributed by atoms with E-state index in [0.717, 1.165) is 37.1 Å². The maximum atomic E-state index is 5.59. The summed E-state index contributed by atoms with van der Waals surface area (Å²) in [6.45, 7) is 5.03. The van der Waals surface area contributed by atoms with Gasteiger partial charge >= 0.3 is 0 Å². The van der Waals surface area contributed by atoms with E-state index in [1.807, 2.05) is 0 Å². The van der Waals surface area contributed by atoms with Crippen molar-refractivity contribution in [3.8, 4) is 5.75 Å². The first-order valence-electron chi connectivity index (χ1n) is 7.42. The molecule has 1 aromatic carbocycles. The smallest absolute Gasteiger partial charge is 0.119 e. The Morgan fingerprint density at radius 1 is 1.26 bits per heavy atom. The molecule has 0 amide bonds. The first-order valence-corrected chi connectivity index (χ1v) is 8.47. The molecule has 1 atom stereocenters. The molecule has 0 aliphatic carbocycles. The van der Waals surface area contributed by atoms with E-state index in [1.54, 1.807) is 0 Å². The third-order valence-electron chi connectivity index (χ3n) is 3.37. The lowest BCUT2D eigenvalue weighted by Gasteiger charge is -2.21. The number of benzene rings is 1. The molecule has 0 radical (unpaired) electrons. The van der Waals surface area contributed by atoms with Crippen molar-refractivity contribution < 1.29 is 4.74 Å². The van der Waals surface area contributed by atoms with Crippen molar-refractivity contribution >= 4 is 11.8 Å². The van der Waals surface area contributed by atoms with Gasteiger partial charge in [-0.15, -0.1) is 0 Å². The summed E-state index contributed by atoms with van der Waals surface area (Å²) < 4.78 is 5.59. The van der Waals surface area contributed by atoms with Crippen molar-refractivity contribution in [3.05, 3.63) is 29.8 Å².